The highest BCUT2D eigenvalue weighted by molar-refractivity contribution is 7.99. The summed E-state index contributed by atoms with van der Waals surface area (Å²) in [4.78, 5) is 0. The molecule has 0 spiro atoms. The summed E-state index contributed by atoms with van der Waals surface area (Å²) in [5.74, 6) is 3.24. The quantitative estimate of drug-likeness (QED) is 0.722. The van der Waals surface area contributed by atoms with Gasteiger partial charge in [-0.15, -0.1) is 0 Å². The van der Waals surface area contributed by atoms with Crippen molar-refractivity contribution in [2.24, 2.45) is 13.0 Å². The Bertz CT molecular complexity index is 271. The number of thioether (sulfide) groups is 1. The molecule has 0 aromatic carbocycles. The lowest BCUT2D eigenvalue weighted by molar-refractivity contribution is 0.679. The summed E-state index contributed by atoms with van der Waals surface area (Å²) in [5, 5.41) is 7.70. The molecule has 0 saturated carbocycles. The second-order valence-corrected chi connectivity index (χ2v) is 5.28. The highest BCUT2D eigenvalue weighted by atomic mass is 32.2. The van der Waals surface area contributed by atoms with Crippen LogP contribution in [0.25, 0.3) is 0 Å². The van der Waals surface area contributed by atoms with E-state index < -0.39 is 0 Å². The van der Waals surface area contributed by atoms with E-state index in [1.54, 1.807) is 0 Å². The Morgan fingerprint density at radius 2 is 2.33 bits per heavy atom. The number of nitrogens with zero attached hydrogens (tertiary/aromatic N) is 2. The van der Waals surface area contributed by atoms with Crippen LogP contribution in [-0.2, 0) is 13.6 Å². The van der Waals surface area contributed by atoms with E-state index in [0.717, 1.165) is 24.7 Å². The Kier molecular flexibility index (Phi) is 5.79. The van der Waals surface area contributed by atoms with Gasteiger partial charge in [0.1, 0.15) is 0 Å². The van der Waals surface area contributed by atoms with Crippen molar-refractivity contribution in [1.29, 1.82) is 0 Å². The molecule has 1 N–H and O–H groups in total. The van der Waals surface area contributed by atoms with Crippen LogP contribution in [0.3, 0.4) is 0 Å². The van der Waals surface area contributed by atoms with Crippen LogP contribution in [0.2, 0.25) is 0 Å². The summed E-state index contributed by atoms with van der Waals surface area (Å²) in [6.45, 7) is 6.46. The highest BCUT2D eigenvalue weighted by Gasteiger charge is 1.96. The maximum absolute atomic E-state index is 4.30. The fourth-order valence-corrected chi connectivity index (χ4v) is 2.16. The summed E-state index contributed by atoms with van der Waals surface area (Å²) in [6, 6.07) is 2.05. The van der Waals surface area contributed by atoms with E-state index in [1.807, 2.05) is 35.8 Å². The van der Waals surface area contributed by atoms with Gasteiger partial charge >= 0.3 is 0 Å². The summed E-state index contributed by atoms with van der Waals surface area (Å²) in [7, 11) is 1.95. The number of hydrogen-bond acceptors (Lipinski definition) is 3. The number of aromatic nitrogens is 2. The molecule has 1 heterocycles. The van der Waals surface area contributed by atoms with Gasteiger partial charge in [-0.1, -0.05) is 13.8 Å². The van der Waals surface area contributed by atoms with Crippen LogP contribution >= 0.6 is 11.8 Å². The second kappa shape index (κ2) is 6.90. The van der Waals surface area contributed by atoms with Crippen molar-refractivity contribution in [2.45, 2.75) is 20.4 Å². The Balaban J connectivity index is 1.98. The Hall–Kier alpha value is -0.480. The van der Waals surface area contributed by atoms with Crippen LogP contribution < -0.4 is 5.32 Å². The van der Waals surface area contributed by atoms with Gasteiger partial charge in [0, 0.05) is 32.1 Å². The van der Waals surface area contributed by atoms with Gasteiger partial charge in [-0.2, -0.15) is 16.9 Å². The topological polar surface area (TPSA) is 29.9 Å². The maximum Gasteiger partial charge on any atom is 0.0762 e. The van der Waals surface area contributed by atoms with Crippen molar-refractivity contribution in [3.05, 3.63) is 18.0 Å². The van der Waals surface area contributed by atoms with Crippen LogP contribution in [0, 0.1) is 5.92 Å². The minimum absolute atomic E-state index is 0.797. The monoisotopic (exact) mass is 227 g/mol. The van der Waals surface area contributed by atoms with Crippen LogP contribution in [-0.4, -0.2) is 27.8 Å². The first-order valence-electron chi connectivity index (χ1n) is 5.45. The predicted molar refractivity (Wildman–Crippen MR) is 67.1 cm³/mol. The lowest BCUT2D eigenvalue weighted by Gasteiger charge is -2.05. The number of hydrogen-bond donors (Lipinski definition) is 1. The van der Waals surface area contributed by atoms with Gasteiger partial charge in [-0.25, -0.2) is 0 Å². The van der Waals surface area contributed by atoms with Crippen molar-refractivity contribution in [3.8, 4) is 0 Å². The van der Waals surface area contributed by atoms with E-state index in [-0.39, 0.29) is 0 Å². The minimum Gasteiger partial charge on any atom is -0.310 e. The Labute approximate surface area is 96.6 Å². The van der Waals surface area contributed by atoms with Gasteiger partial charge < -0.3 is 5.32 Å². The molecule has 0 radical (unpaired) electrons. The maximum atomic E-state index is 4.30. The molecule has 0 aliphatic carbocycles. The SMILES string of the molecule is CC(C)CSCCNCc1ccn(C)n1. The molecule has 0 fully saturated rings. The van der Waals surface area contributed by atoms with Crippen molar-refractivity contribution in [1.82, 2.24) is 15.1 Å². The fraction of sp³-hybridized carbons (Fsp3) is 0.727. The molecule has 86 valence electrons. The van der Waals surface area contributed by atoms with Gasteiger partial charge in [0.15, 0.2) is 0 Å². The first-order chi connectivity index (χ1) is 7.18. The van der Waals surface area contributed by atoms with Gasteiger partial charge in [-0.3, -0.25) is 4.68 Å². The lowest BCUT2D eigenvalue weighted by atomic mass is 10.3. The molecule has 0 aliphatic heterocycles. The first-order valence-corrected chi connectivity index (χ1v) is 6.61. The predicted octanol–water partition coefficient (Wildman–Crippen LogP) is 1.90. The van der Waals surface area contributed by atoms with Gasteiger partial charge in [0.25, 0.3) is 0 Å². The molecule has 1 aromatic heterocycles. The van der Waals surface area contributed by atoms with Crippen LogP contribution in [0.1, 0.15) is 19.5 Å². The summed E-state index contributed by atoms with van der Waals surface area (Å²) < 4.78 is 1.84. The zero-order valence-corrected chi connectivity index (χ0v) is 10.7. The van der Waals surface area contributed by atoms with E-state index >= 15 is 0 Å². The molecule has 1 aromatic rings. The molecule has 0 amide bonds. The van der Waals surface area contributed by atoms with Gasteiger partial charge in [0.2, 0.25) is 0 Å². The largest absolute Gasteiger partial charge is 0.310 e. The van der Waals surface area contributed by atoms with E-state index in [2.05, 4.69) is 24.3 Å². The third-order valence-electron chi connectivity index (χ3n) is 1.95. The van der Waals surface area contributed by atoms with Crippen molar-refractivity contribution in [2.75, 3.05) is 18.1 Å². The van der Waals surface area contributed by atoms with Crippen molar-refractivity contribution in [3.63, 3.8) is 0 Å². The van der Waals surface area contributed by atoms with Crippen molar-refractivity contribution < 1.29 is 0 Å². The fourth-order valence-electron chi connectivity index (χ4n) is 1.24. The minimum atomic E-state index is 0.797. The standard InChI is InChI=1S/C11H21N3S/c1-10(2)9-15-7-5-12-8-11-4-6-14(3)13-11/h4,6,10,12H,5,7-9H2,1-3H3. The van der Waals surface area contributed by atoms with Gasteiger partial charge in [-0.05, 0) is 17.7 Å². The van der Waals surface area contributed by atoms with Crippen LogP contribution in [0.5, 0.6) is 0 Å². The Morgan fingerprint density at radius 3 is 2.93 bits per heavy atom. The van der Waals surface area contributed by atoms with E-state index in [0.29, 0.717) is 0 Å². The van der Waals surface area contributed by atoms with Crippen molar-refractivity contribution >= 4 is 11.8 Å². The summed E-state index contributed by atoms with van der Waals surface area (Å²) >= 11 is 2.01. The average molecular weight is 227 g/mol. The smallest absolute Gasteiger partial charge is 0.0762 e. The van der Waals surface area contributed by atoms with Gasteiger partial charge in [0.05, 0.1) is 5.69 Å². The molecular formula is C11H21N3S. The van der Waals surface area contributed by atoms with E-state index in [9.17, 15) is 0 Å². The van der Waals surface area contributed by atoms with Crippen LogP contribution in [0.4, 0.5) is 0 Å². The molecule has 1 rings (SSSR count). The summed E-state index contributed by atoms with van der Waals surface area (Å²) in [6.07, 6.45) is 1.98. The zero-order chi connectivity index (χ0) is 11.1. The average Bonchev–Trinajstić information content (AvgIpc) is 2.57. The number of rotatable bonds is 7. The number of aryl methyl sites for hydroxylation is 1. The molecule has 0 unspecified atom stereocenters. The molecule has 3 nitrogen and oxygen atoms in total. The molecule has 15 heavy (non-hydrogen) atoms. The third kappa shape index (κ3) is 5.85. The van der Waals surface area contributed by atoms with E-state index in [4.69, 9.17) is 0 Å². The lowest BCUT2D eigenvalue weighted by Crippen LogP contribution is -2.17. The molecule has 4 heteroatoms. The first kappa shape index (κ1) is 12.6. The molecule has 0 bridgehead atoms. The number of nitrogens with one attached hydrogen (secondary N) is 1. The molecule has 0 saturated heterocycles. The zero-order valence-electron chi connectivity index (χ0n) is 9.86. The third-order valence-corrected chi connectivity index (χ3v) is 3.34. The molecule has 0 aliphatic rings. The van der Waals surface area contributed by atoms with E-state index in [1.165, 1.54) is 11.5 Å². The summed E-state index contributed by atoms with van der Waals surface area (Å²) in [5.41, 5.74) is 1.12. The highest BCUT2D eigenvalue weighted by Crippen LogP contribution is 2.05. The second-order valence-electron chi connectivity index (χ2n) is 4.13. The van der Waals surface area contributed by atoms with Crippen LogP contribution in [0.15, 0.2) is 12.3 Å². The Morgan fingerprint density at radius 1 is 1.53 bits per heavy atom. The molecular weight excluding hydrogens is 206 g/mol. The normalized spacial score (nSPS) is 11.2. The molecule has 0 atom stereocenters.